The molecule has 86 valence electrons. The number of nitriles is 1. The van der Waals surface area contributed by atoms with Gasteiger partial charge in [0, 0.05) is 18.5 Å². The average Bonchev–Trinajstić information content (AvgIpc) is 2.75. The van der Waals surface area contributed by atoms with Crippen molar-refractivity contribution in [1.29, 1.82) is 5.26 Å². The van der Waals surface area contributed by atoms with E-state index in [9.17, 15) is 0 Å². The van der Waals surface area contributed by atoms with Crippen molar-refractivity contribution in [2.45, 2.75) is 16.6 Å². The Kier molecular flexibility index (Phi) is 3.42. The summed E-state index contributed by atoms with van der Waals surface area (Å²) in [6, 6.07) is 7.78. The Balaban J connectivity index is 2.34. The minimum atomic E-state index is 0.434. The third-order valence-corrected chi connectivity index (χ3v) is 3.40. The van der Waals surface area contributed by atoms with Gasteiger partial charge in [-0.05, 0) is 29.5 Å². The maximum absolute atomic E-state index is 9.09. The lowest BCUT2D eigenvalue weighted by Crippen LogP contribution is -1.97. The average molecular weight is 245 g/mol. The van der Waals surface area contributed by atoms with E-state index < -0.39 is 0 Å². The van der Waals surface area contributed by atoms with E-state index in [0.29, 0.717) is 12.1 Å². The molecular formula is C11H11N5S. The van der Waals surface area contributed by atoms with Crippen LogP contribution in [0.4, 0.5) is 0 Å². The fourth-order valence-corrected chi connectivity index (χ4v) is 2.17. The standard InChI is InChI=1S/C11H11N5S/c1-16-7-14-15-11(16)17-10-3-2-8(5-12)4-9(10)6-13/h2-4,7H,5,12H2,1H3. The number of rotatable bonds is 3. The summed E-state index contributed by atoms with van der Waals surface area (Å²) in [6.45, 7) is 0.434. The molecule has 0 atom stereocenters. The number of hydrogen-bond acceptors (Lipinski definition) is 5. The highest BCUT2D eigenvalue weighted by Gasteiger charge is 2.08. The van der Waals surface area contributed by atoms with E-state index in [1.54, 1.807) is 12.4 Å². The summed E-state index contributed by atoms with van der Waals surface area (Å²) >= 11 is 1.42. The lowest BCUT2D eigenvalue weighted by Gasteiger charge is -2.04. The van der Waals surface area contributed by atoms with Crippen LogP contribution in [0.1, 0.15) is 11.1 Å². The number of nitrogens with zero attached hydrogens (tertiary/aromatic N) is 4. The molecular weight excluding hydrogens is 234 g/mol. The maximum Gasteiger partial charge on any atom is 0.195 e. The van der Waals surface area contributed by atoms with Crippen molar-refractivity contribution in [3.8, 4) is 6.07 Å². The van der Waals surface area contributed by atoms with E-state index in [-0.39, 0.29) is 0 Å². The van der Waals surface area contributed by atoms with Crippen LogP contribution in [-0.4, -0.2) is 14.8 Å². The summed E-state index contributed by atoms with van der Waals surface area (Å²) in [5.41, 5.74) is 7.10. The molecule has 0 unspecified atom stereocenters. The van der Waals surface area contributed by atoms with Crippen LogP contribution >= 0.6 is 11.8 Å². The van der Waals surface area contributed by atoms with Gasteiger partial charge < -0.3 is 10.3 Å². The Morgan fingerprint density at radius 1 is 1.53 bits per heavy atom. The first-order valence-corrected chi connectivity index (χ1v) is 5.81. The van der Waals surface area contributed by atoms with Gasteiger partial charge in [-0.3, -0.25) is 0 Å². The molecule has 1 heterocycles. The zero-order valence-electron chi connectivity index (χ0n) is 9.29. The van der Waals surface area contributed by atoms with Gasteiger partial charge in [-0.1, -0.05) is 6.07 Å². The van der Waals surface area contributed by atoms with Crippen molar-refractivity contribution >= 4 is 11.8 Å². The van der Waals surface area contributed by atoms with Gasteiger partial charge in [0.2, 0.25) is 0 Å². The molecule has 0 saturated carbocycles. The van der Waals surface area contributed by atoms with Crippen LogP contribution in [0.2, 0.25) is 0 Å². The molecule has 0 saturated heterocycles. The smallest absolute Gasteiger partial charge is 0.195 e. The monoisotopic (exact) mass is 245 g/mol. The summed E-state index contributed by atoms with van der Waals surface area (Å²) in [5, 5.41) is 17.6. The van der Waals surface area contributed by atoms with Crippen molar-refractivity contribution in [2.75, 3.05) is 0 Å². The molecule has 0 spiro atoms. The van der Waals surface area contributed by atoms with Gasteiger partial charge in [-0.25, -0.2) is 0 Å². The molecule has 2 aromatic rings. The number of aromatic nitrogens is 3. The highest BCUT2D eigenvalue weighted by molar-refractivity contribution is 7.99. The molecule has 0 aliphatic carbocycles. The Morgan fingerprint density at radius 3 is 2.94 bits per heavy atom. The zero-order valence-corrected chi connectivity index (χ0v) is 10.1. The lowest BCUT2D eigenvalue weighted by molar-refractivity contribution is 0.788. The van der Waals surface area contributed by atoms with Gasteiger partial charge in [-0.15, -0.1) is 10.2 Å². The highest BCUT2D eigenvalue weighted by Crippen LogP contribution is 2.28. The minimum absolute atomic E-state index is 0.434. The molecule has 2 N–H and O–H groups in total. The fraction of sp³-hybridized carbons (Fsp3) is 0.182. The zero-order chi connectivity index (χ0) is 12.3. The Bertz CT molecular complexity index is 569. The molecule has 2 rings (SSSR count). The molecule has 0 bridgehead atoms. The number of aryl methyl sites for hydroxylation is 1. The molecule has 0 fully saturated rings. The molecule has 0 aliphatic heterocycles. The highest BCUT2D eigenvalue weighted by atomic mass is 32.2. The molecule has 17 heavy (non-hydrogen) atoms. The van der Waals surface area contributed by atoms with E-state index >= 15 is 0 Å². The fourth-order valence-electron chi connectivity index (χ4n) is 1.34. The number of nitrogens with two attached hydrogens (primary N) is 1. The van der Waals surface area contributed by atoms with Crippen molar-refractivity contribution in [3.05, 3.63) is 35.7 Å². The second-order valence-corrected chi connectivity index (χ2v) is 4.48. The van der Waals surface area contributed by atoms with E-state index in [2.05, 4.69) is 16.3 Å². The van der Waals surface area contributed by atoms with E-state index in [1.165, 1.54) is 11.8 Å². The number of hydrogen-bond donors (Lipinski definition) is 1. The van der Waals surface area contributed by atoms with Crippen molar-refractivity contribution in [1.82, 2.24) is 14.8 Å². The van der Waals surface area contributed by atoms with E-state index in [0.717, 1.165) is 15.6 Å². The van der Waals surface area contributed by atoms with Gasteiger partial charge in [-0.2, -0.15) is 5.26 Å². The second-order valence-electron chi connectivity index (χ2n) is 3.47. The molecule has 0 aliphatic rings. The molecule has 0 amide bonds. The van der Waals surface area contributed by atoms with Crippen LogP contribution in [0.15, 0.2) is 34.6 Å². The van der Waals surface area contributed by atoms with Crippen LogP contribution in [0.3, 0.4) is 0 Å². The summed E-state index contributed by atoms with van der Waals surface area (Å²) in [6.07, 6.45) is 1.63. The van der Waals surface area contributed by atoms with Crippen molar-refractivity contribution in [2.24, 2.45) is 12.8 Å². The topological polar surface area (TPSA) is 80.5 Å². The third-order valence-electron chi connectivity index (χ3n) is 2.27. The van der Waals surface area contributed by atoms with Crippen LogP contribution in [0, 0.1) is 11.3 Å². The number of benzene rings is 1. The van der Waals surface area contributed by atoms with Gasteiger partial charge in [0.05, 0.1) is 5.56 Å². The van der Waals surface area contributed by atoms with Crippen LogP contribution in [0.25, 0.3) is 0 Å². The maximum atomic E-state index is 9.09. The Labute approximate surface area is 103 Å². The predicted octanol–water partition coefficient (Wildman–Crippen LogP) is 1.30. The van der Waals surface area contributed by atoms with E-state index in [1.807, 2.05) is 23.7 Å². The van der Waals surface area contributed by atoms with Crippen LogP contribution < -0.4 is 5.73 Å². The molecule has 5 nitrogen and oxygen atoms in total. The first-order valence-electron chi connectivity index (χ1n) is 4.99. The van der Waals surface area contributed by atoms with Gasteiger partial charge >= 0.3 is 0 Å². The van der Waals surface area contributed by atoms with Crippen molar-refractivity contribution in [3.63, 3.8) is 0 Å². The summed E-state index contributed by atoms with van der Waals surface area (Å²) in [4.78, 5) is 0.862. The Hall–Kier alpha value is -1.84. The van der Waals surface area contributed by atoms with Gasteiger partial charge in [0.15, 0.2) is 5.16 Å². The first kappa shape index (κ1) is 11.6. The Morgan fingerprint density at radius 2 is 2.35 bits per heavy atom. The van der Waals surface area contributed by atoms with Crippen LogP contribution in [0.5, 0.6) is 0 Å². The van der Waals surface area contributed by atoms with E-state index in [4.69, 9.17) is 11.0 Å². The quantitative estimate of drug-likeness (QED) is 0.881. The lowest BCUT2D eigenvalue weighted by atomic mass is 10.1. The molecule has 0 radical (unpaired) electrons. The summed E-state index contributed by atoms with van der Waals surface area (Å²) in [7, 11) is 1.86. The normalized spacial score (nSPS) is 10.2. The summed E-state index contributed by atoms with van der Waals surface area (Å²) < 4.78 is 1.81. The molecule has 1 aromatic heterocycles. The minimum Gasteiger partial charge on any atom is -0.326 e. The van der Waals surface area contributed by atoms with Crippen molar-refractivity contribution < 1.29 is 0 Å². The second kappa shape index (κ2) is 4.99. The molecule has 6 heteroatoms. The molecule has 1 aromatic carbocycles. The van der Waals surface area contributed by atoms with Gasteiger partial charge in [0.1, 0.15) is 12.4 Å². The third kappa shape index (κ3) is 2.46. The first-order chi connectivity index (χ1) is 8.24. The van der Waals surface area contributed by atoms with Crippen LogP contribution in [-0.2, 0) is 13.6 Å². The van der Waals surface area contributed by atoms with Gasteiger partial charge in [0.25, 0.3) is 0 Å². The predicted molar refractivity (Wildman–Crippen MR) is 64.2 cm³/mol. The largest absolute Gasteiger partial charge is 0.326 e. The SMILES string of the molecule is Cn1cnnc1Sc1ccc(CN)cc1C#N. The summed E-state index contributed by atoms with van der Waals surface area (Å²) in [5.74, 6) is 0.